The van der Waals surface area contributed by atoms with Crippen molar-refractivity contribution in [3.63, 3.8) is 0 Å². The molecule has 31 heavy (non-hydrogen) atoms. The number of amides is 1. The molecule has 1 aromatic heterocycles. The van der Waals surface area contributed by atoms with Crippen LogP contribution in [0.3, 0.4) is 0 Å². The fraction of sp³-hybridized carbons (Fsp3) is 0.333. The van der Waals surface area contributed by atoms with E-state index in [0.29, 0.717) is 11.3 Å². The van der Waals surface area contributed by atoms with E-state index in [1.165, 1.54) is 21.0 Å². The van der Waals surface area contributed by atoms with E-state index in [1.807, 2.05) is 19.1 Å². The van der Waals surface area contributed by atoms with Crippen LogP contribution < -0.4 is 10.5 Å². The molecular weight excluding hydrogens is 422 g/mol. The molecule has 1 aliphatic heterocycles. The van der Waals surface area contributed by atoms with Crippen LogP contribution in [0.4, 0.5) is 0 Å². The standard InChI is InChI=1S/C21H23N3O6S/c1-15-3-5-16(6-4-15)29-14-20(25)23-9-11-24(12-10-23)31(27,28)17-7-8-18-19(13-17)30-21(26)22(18)2/h3-8,13H,9-12,14H2,1-2H3. The molecule has 0 spiro atoms. The van der Waals surface area contributed by atoms with Crippen LogP contribution in [-0.2, 0) is 21.9 Å². The minimum atomic E-state index is -3.77. The molecule has 164 valence electrons. The number of carbonyl (C=O) groups excluding carboxylic acids is 1. The number of fused-ring (bicyclic) bond motifs is 1. The van der Waals surface area contributed by atoms with E-state index in [1.54, 1.807) is 30.1 Å². The zero-order valence-corrected chi connectivity index (χ0v) is 18.1. The van der Waals surface area contributed by atoms with Gasteiger partial charge < -0.3 is 14.1 Å². The van der Waals surface area contributed by atoms with E-state index in [2.05, 4.69) is 0 Å². The maximum absolute atomic E-state index is 13.0. The third-order valence-electron chi connectivity index (χ3n) is 5.38. The number of nitrogens with zero attached hydrogens (tertiary/aromatic N) is 3. The molecule has 9 nitrogen and oxygen atoms in total. The summed E-state index contributed by atoms with van der Waals surface area (Å²) in [7, 11) is -2.22. The van der Waals surface area contributed by atoms with Crippen molar-refractivity contribution < 1.29 is 22.4 Å². The third-order valence-corrected chi connectivity index (χ3v) is 7.27. The molecule has 2 aromatic carbocycles. The molecule has 0 bridgehead atoms. The summed E-state index contributed by atoms with van der Waals surface area (Å²) in [4.78, 5) is 25.7. The zero-order chi connectivity index (χ0) is 22.2. The van der Waals surface area contributed by atoms with Crippen LogP contribution >= 0.6 is 0 Å². The Bertz CT molecular complexity index is 1270. The van der Waals surface area contributed by atoms with E-state index in [4.69, 9.17) is 9.15 Å². The predicted molar refractivity (Wildman–Crippen MR) is 113 cm³/mol. The van der Waals surface area contributed by atoms with Crippen LogP contribution in [0.2, 0.25) is 0 Å². The molecule has 0 aliphatic carbocycles. The minimum Gasteiger partial charge on any atom is -0.484 e. The topological polar surface area (TPSA) is 102 Å². The molecule has 0 atom stereocenters. The molecule has 3 aromatic rings. The Hall–Kier alpha value is -3.11. The first-order valence-electron chi connectivity index (χ1n) is 9.83. The quantitative estimate of drug-likeness (QED) is 0.588. The van der Waals surface area contributed by atoms with Crippen molar-refractivity contribution in [3.05, 3.63) is 58.6 Å². The molecule has 4 rings (SSSR count). The lowest BCUT2D eigenvalue weighted by atomic mass is 10.2. The highest BCUT2D eigenvalue weighted by atomic mass is 32.2. The van der Waals surface area contributed by atoms with E-state index < -0.39 is 15.8 Å². The average molecular weight is 445 g/mol. The zero-order valence-electron chi connectivity index (χ0n) is 17.3. The Labute approximate surface area is 179 Å². The first-order chi connectivity index (χ1) is 14.8. The summed E-state index contributed by atoms with van der Waals surface area (Å²) < 4.78 is 39.3. The number of hydrogen-bond donors (Lipinski definition) is 0. The number of aromatic nitrogens is 1. The van der Waals surface area contributed by atoms with Crippen LogP contribution in [0.5, 0.6) is 5.75 Å². The van der Waals surface area contributed by atoms with Crippen LogP contribution in [0, 0.1) is 6.92 Å². The number of benzene rings is 2. The number of sulfonamides is 1. The Balaban J connectivity index is 1.38. The Morgan fingerprint density at radius 3 is 2.42 bits per heavy atom. The molecule has 0 radical (unpaired) electrons. The number of hydrogen-bond acceptors (Lipinski definition) is 6. The number of aryl methyl sites for hydroxylation is 2. The van der Waals surface area contributed by atoms with Gasteiger partial charge in [-0.05, 0) is 31.2 Å². The molecule has 0 unspecified atom stereocenters. The highest BCUT2D eigenvalue weighted by Gasteiger charge is 2.30. The number of carbonyl (C=O) groups is 1. The summed E-state index contributed by atoms with van der Waals surface area (Å²) in [5.41, 5.74) is 1.84. The number of rotatable bonds is 5. The van der Waals surface area contributed by atoms with Crippen molar-refractivity contribution in [2.75, 3.05) is 32.8 Å². The second kappa shape index (κ2) is 8.20. The van der Waals surface area contributed by atoms with Crippen molar-refractivity contribution in [2.45, 2.75) is 11.8 Å². The Kier molecular flexibility index (Phi) is 5.59. The molecule has 1 saturated heterocycles. The normalized spacial score (nSPS) is 15.4. The molecule has 10 heteroatoms. The van der Waals surface area contributed by atoms with E-state index in [0.717, 1.165) is 5.56 Å². The lowest BCUT2D eigenvalue weighted by molar-refractivity contribution is -0.134. The van der Waals surface area contributed by atoms with Gasteiger partial charge in [-0.25, -0.2) is 13.2 Å². The van der Waals surface area contributed by atoms with Crippen LogP contribution in [-0.4, -0.2) is 60.9 Å². The van der Waals surface area contributed by atoms with Crippen molar-refractivity contribution in [3.8, 4) is 5.75 Å². The van der Waals surface area contributed by atoms with Crippen LogP contribution in [0.1, 0.15) is 5.56 Å². The smallest absolute Gasteiger partial charge is 0.419 e. The van der Waals surface area contributed by atoms with Crippen LogP contribution in [0.25, 0.3) is 11.1 Å². The van der Waals surface area contributed by atoms with E-state index in [9.17, 15) is 18.0 Å². The fourth-order valence-corrected chi connectivity index (χ4v) is 4.91. The largest absolute Gasteiger partial charge is 0.484 e. The molecule has 0 N–H and O–H groups in total. The lowest BCUT2D eigenvalue weighted by Crippen LogP contribution is -2.51. The van der Waals surface area contributed by atoms with Crippen molar-refractivity contribution in [1.82, 2.24) is 13.8 Å². The van der Waals surface area contributed by atoms with E-state index >= 15 is 0 Å². The summed E-state index contributed by atoms with van der Waals surface area (Å²) >= 11 is 0. The van der Waals surface area contributed by atoms with Gasteiger partial charge >= 0.3 is 5.76 Å². The third kappa shape index (κ3) is 4.21. The molecule has 1 amide bonds. The summed E-state index contributed by atoms with van der Waals surface area (Å²) in [5, 5.41) is 0. The summed E-state index contributed by atoms with van der Waals surface area (Å²) in [5.74, 6) is -0.127. The lowest BCUT2D eigenvalue weighted by Gasteiger charge is -2.33. The Morgan fingerprint density at radius 2 is 1.74 bits per heavy atom. The maximum Gasteiger partial charge on any atom is 0.419 e. The van der Waals surface area contributed by atoms with Gasteiger partial charge in [0.1, 0.15) is 5.75 Å². The van der Waals surface area contributed by atoms with Gasteiger partial charge in [-0.2, -0.15) is 4.31 Å². The van der Waals surface area contributed by atoms with Gasteiger partial charge in [0.05, 0.1) is 10.4 Å². The average Bonchev–Trinajstić information content (AvgIpc) is 3.06. The molecule has 0 saturated carbocycles. The van der Waals surface area contributed by atoms with Gasteiger partial charge in [-0.3, -0.25) is 9.36 Å². The SMILES string of the molecule is Cc1ccc(OCC(=O)N2CCN(S(=O)(=O)c3ccc4c(c3)oc(=O)n4C)CC2)cc1. The van der Waals surface area contributed by atoms with Gasteiger partial charge in [0.2, 0.25) is 10.0 Å². The molecular formula is C21H23N3O6S. The highest BCUT2D eigenvalue weighted by molar-refractivity contribution is 7.89. The number of piperazine rings is 1. The number of oxazole rings is 1. The predicted octanol–water partition coefficient (Wildman–Crippen LogP) is 1.35. The molecule has 1 fully saturated rings. The highest BCUT2D eigenvalue weighted by Crippen LogP contribution is 2.22. The molecule has 2 heterocycles. The number of ether oxygens (including phenoxy) is 1. The Morgan fingerprint density at radius 1 is 1.06 bits per heavy atom. The monoisotopic (exact) mass is 445 g/mol. The maximum atomic E-state index is 13.0. The molecule has 1 aliphatic rings. The first kappa shape index (κ1) is 21.1. The second-order valence-corrected chi connectivity index (χ2v) is 9.38. The van der Waals surface area contributed by atoms with Crippen molar-refractivity contribution in [1.29, 1.82) is 0 Å². The van der Waals surface area contributed by atoms with Gasteiger partial charge in [-0.15, -0.1) is 0 Å². The van der Waals surface area contributed by atoms with Gasteiger partial charge in [0.15, 0.2) is 12.2 Å². The summed E-state index contributed by atoms with van der Waals surface area (Å²) in [6, 6.07) is 11.8. The van der Waals surface area contributed by atoms with Crippen LogP contribution in [0.15, 0.2) is 56.6 Å². The van der Waals surface area contributed by atoms with Gasteiger partial charge in [0.25, 0.3) is 5.91 Å². The van der Waals surface area contributed by atoms with E-state index in [-0.39, 0.29) is 49.2 Å². The summed E-state index contributed by atoms with van der Waals surface area (Å²) in [6.45, 7) is 2.77. The van der Waals surface area contributed by atoms with Gasteiger partial charge in [0, 0.05) is 39.3 Å². The van der Waals surface area contributed by atoms with Gasteiger partial charge in [-0.1, -0.05) is 17.7 Å². The fourth-order valence-electron chi connectivity index (χ4n) is 3.47. The van der Waals surface area contributed by atoms with Crippen molar-refractivity contribution in [2.24, 2.45) is 7.05 Å². The summed E-state index contributed by atoms with van der Waals surface area (Å²) in [6.07, 6.45) is 0. The second-order valence-electron chi connectivity index (χ2n) is 7.44. The first-order valence-corrected chi connectivity index (χ1v) is 11.3. The minimum absolute atomic E-state index is 0.0526. The van der Waals surface area contributed by atoms with Crippen molar-refractivity contribution >= 4 is 27.0 Å².